The minimum absolute atomic E-state index is 0.00595. The monoisotopic (exact) mass is 426 g/mol. The number of amides is 1. The second-order valence-corrected chi connectivity index (χ2v) is 7.67. The van der Waals surface area contributed by atoms with Crippen LogP contribution in [0.5, 0.6) is 5.75 Å². The lowest BCUT2D eigenvalue weighted by atomic mass is 10.1. The van der Waals surface area contributed by atoms with Gasteiger partial charge in [0.2, 0.25) is 0 Å². The Morgan fingerprint density at radius 1 is 1.06 bits per heavy atom. The number of methoxy groups -OCH3 is 1. The number of para-hydroxylation sites is 1. The number of hydrogen-bond donors (Lipinski definition) is 1. The molecule has 0 saturated heterocycles. The summed E-state index contributed by atoms with van der Waals surface area (Å²) in [5.41, 5.74) is 4.04. The van der Waals surface area contributed by atoms with Gasteiger partial charge in [-0.2, -0.15) is 5.10 Å². The number of benzene rings is 2. The molecule has 1 amide bonds. The number of aromatic nitrogens is 3. The van der Waals surface area contributed by atoms with Gasteiger partial charge < -0.3 is 10.1 Å². The number of carbonyl (C=O) groups is 1. The van der Waals surface area contributed by atoms with Gasteiger partial charge in [0.15, 0.2) is 0 Å². The van der Waals surface area contributed by atoms with Gasteiger partial charge in [-0.1, -0.05) is 30.3 Å². The van der Waals surface area contributed by atoms with Crippen LogP contribution in [-0.4, -0.2) is 33.8 Å². The number of nitrogens with one attached hydrogen (secondary N) is 1. The highest BCUT2D eigenvalue weighted by atomic mass is 16.5. The van der Waals surface area contributed by atoms with Crippen LogP contribution in [-0.2, 0) is 6.42 Å². The summed E-state index contributed by atoms with van der Waals surface area (Å²) in [5, 5.41) is 7.82. The second kappa shape index (κ2) is 9.92. The molecule has 2 heterocycles. The quantitative estimate of drug-likeness (QED) is 0.444. The van der Waals surface area contributed by atoms with Gasteiger partial charge in [-0.25, -0.2) is 4.68 Å². The SMILES string of the molecule is COc1ccc(CCC(C)NC(=O)c2cn(-c3ccccc3)nc2-c2cccnc2)cc1. The Labute approximate surface area is 187 Å². The number of pyridine rings is 1. The summed E-state index contributed by atoms with van der Waals surface area (Å²) in [4.78, 5) is 17.4. The van der Waals surface area contributed by atoms with Crippen molar-refractivity contribution in [2.45, 2.75) is 25.8 Å². The maximum absolute atomic E-state index is 13.2. The molecular formula is C26H26N4O2. The molecule has 0 radical (unpaired) electrons. The molecule has 0 bridgehead atoms. The Morgan fingerprint density at radius 3 is 2.53 bits per heavy atom. The van der Waals surface area contributed by atoms with E-state index in [1.807, 2.05) is 61.5 Å². The molecule has 1 unspecified atom stereocenters. The fourth-order valence-corrected chi connectivity index (χ4v) is 3.52. The lowest BCUT2D eigenvalue weighted by Crippen LogP contribution is -2.33. The van der Waals surface area contributed by atoms with E-state index >= 15 is 0 Å². The van der Waals surface area contributed by atoms with E-state index in [4.69, 9.17) is 9.84 Å². The van der Waals surface area contributed by atoms with Gasteiger partial charge in [-0.05, 0) is 61.7 Å². The molecule has 4 rings (SSSR count). The van der Waals surface area contributed by atoms with E-state index in [2.05, 4.69) is 22.4 Å². The predicted octanol–water partition coefficient (Wildman–Crippen LogP) is 4.69. The Morgan fingerprint density at radius 2 is 1.84 bits per heavy atom. The van der Waals surface area contributed by atoms with Crippen molar-refractivity contribution >= 4 is 5.91 Å². The van der Waals surface area contributed by atoms with Crippen LogP contribution in [0, 0.1) is 0 Å². The number of aryl methyl sites for hydroxylation is 1. The van der Waals surface area contributed by atoms with Crippen LogP contribution in [0.25, 0.3) is 16.9 Å². The minimum atomic E-state index is -0.145. The van der Waals surface area contributed by atoms with Crippen LogP contribution in [0.15, 0.2) is 85.3 Å². The number of nitrogens with zero attached hydrogens (tertiary/aromatic N) is 3. The highest BCUT2D eigenvalue weighted by Crippen LogP contribution is 2.23. The van der Waals surface area contributed by atoms with Crippen LogP contribution in [0.4, 0.5) is 0 Å². The van der Waals surface area contributed by atoms with Crippen LogP contribution in [0.2, 0.25) is 0 Å². The van der Waals surface area contributed by atoms with Crippen molar-refractivity contribution < 1.29 is 9.53 Å². The molecule has 0 fully saturated rings. The van der Waals surface area contributed by atoms with Gasteiger partial charge >= 0.3 is 0 Å². The average molecular weight is 427 g/mol. The van der Waals surface area contributed by atoms with Crippen molar-refractivity contribution in [1.82, 2.24) is 20.1 Å². The Kier molecular flexibility index (Phi) is 6.60. The number of carbonyl (C=O) groups excluding carboxylic acids is 1. The first kappa shape index (κ1) is 21.3. The van der Waals surface area contributed by atoms with Gasteiger partial charge in [0.1, 0.15) is 11.4 Å². The number of ether oxygens (including phenoxy) is 1. The summed E-state index contributed by atoms with van der Waals surface area (Å²) in [5.74, 6) is 0.696. The third-order valence-electron chi connectivity index (χ3n) is 5.32. The number of rotatable bonds is 8. The molecule has 6 heteroatoms. The van der Waals surface area contributed by atoms with E-state index in [1.54, 1.807) is 30.4 Å². The molecule has 2 aromatic heterocycles. The zero-order valence-corrected chi connectivity index (χ0v) is 18.2. The van der Waals surface area contributed by atoms with E-state index in [0.29, 0.717) is 11.3 Å². The molecule has 162 valence electrons. The maximum Gasteiger partial charge on any atom is 0.255 e. The molecule has 0 spiro atoms. The molecule has 1 atom stereocenters. The maximum atomic E-state index is 13.2. The van der Waals surface area contributed by atoms with Crippen molar-refractivity contribution in [3.8, 4) is 22.7 Å². The van der Waals surface area contributed by atoms with Gasteiger partial charge in [-0.15, -0.1) is 0 Å². The van der Waals surface area contributed by atoms with E-state index in [9.17, 15) is 4.79 Å². The van der Waals surface area contributed by atoms with Crippen LogP contribution < -0.4 is 10.1 Å². The molecule has 0 saturated carbocycles. The first-order valence-corrected chi connectivity index (χ1v) is 10.6. The minimum Gasteiger partial charge on any atom is -0.497 e. The van der Waals surface area contributed by atoms with Crippen LogP contribution in [0.3, 0.4) is 0 Å². The summed E-state index contributed by atoms with van der Waals surface area (Å²) < 4.78 is 6.94. The van der Waals surface area contributed by atoms with Gasteiger partial charge in [0.05, 0.1) is 18.4 Å². The van der Waals surface area contributed by atoms with Gasteiger partial charge in [-0.3, -0.25) is 9.78 Å². The van der Waals surface area contributed by atoms with E-state index < -0.39 is 0 Å². The lowest BCUT2D eigenvalue weighted by molar-refractivity contribution is 0.0939. The Hall–Kier alpha value is -3.93. The zero-order valence-electron chi connectivity index (χ0n) is 18.2. The second-order valence-electron chi connectivity index (χ2n) is 7.67. The van der Waals surface area contributed by atoms with Crippen molar-refractivity contribution in [1.29, 1.82) is 0 Å². The van der Waals surface area contributed by atoms with Crippen LogP contribution in [0.1, 0.15) is 29.3 Å². The summed E-state index contributed by atoms with van der Waals surface area (Å²) in [6.45, 7) is 2.02. The van der Waals surface area contributed by atoms with Crippen LogP contribution >= 0.6 is 0 Å². The molecule has 0 aliphatic heterocycles. The molecular weight excluding hydrogens is 400 g/mol. The molecule has 32 heavy (non-hydrogen) atoms. The van der Waals surface area contributed by atoms with Gasteiger partial charge in [0, 0.05) is 30.2 Å². The fraction of sp³-hybridized carbons (Fsp3) is 0.192. The fourth-order valence-electron chi connectivity index (χ4n) is 3.52. The highest BCUT2D eigenvalue weighted by molar-refractivity contribution is 6.00. The molecule has 6 nitrogen and oxygen atoms in total. The van der Waals surface area contributed by atoms with E-state index in [-0.39, 0.29) is 11.9 Å². The summed E-state index contributed by atoms with van der Waals surface area (Å²) in [6.07, 6.45) is 6.90. The third-order valence-corrected chi connectivity index (χ3v) is 5.32. The first-order valence-electron chi connectivity index (χ1n) is 10.6. The van der Waals surface area contributed by atoms with E-state index in [0.717, 1.165) is 29.8 Å². The van der Waals surface area contributed by atoms with Crippen molar-refractivity contribution in [3.05, 3.63) is 96.4 Å². The summed E-state index contributed by atoms with van der Waals surface area (Å²) in [7, 11) is 1.66. The Bertz CT molecular complexity index is 1160. The van der Waals surface area contributed by atoms with Crippen molar-refractivity contribution in [2.75, 3.05) is 7.11 Å². The lowest BCUT2D eigenvalue weighted by Gasteiger charge is -2.14. The largest absolute Gasteiger partial charge is 0.497 e. The highest BCUT2D eigenvalue weighted by Gasteiger charge is 2.20. The molecule has 0 aliphatic rings. The smallest absolute Gasteiger partial charge is 0.255 e. The molecule has 1 N–H and O–H groups in total. The Balaban J connectivity index is 1.50. The average Bonchev–Trinajstić information content (AvgIpc) is 3.30. The molecule has 0 aliphatic carbocycles. The molecule has 4 aromatic rings. The van der Waals surface area contributed by atoms with Gasteiger partial charge in [0.25, 0.3) is 5.91 Å². The van der Waals surface area contributed by atoms with Crippen molar-refractivity contribution in [2.24, 2.45) is 0 Å². The zero-order chi connectivity index (χ0) is 22.3. The normalized spacial score (nSPS) is 11.7. The topological polar surface area (TPSA) is 69.0 Å². The first-order chi connectivity index (χ1) is 15.6. The summed E-state index contributed by atoms with van der Waals surface area (Å²) in [6, 6.07) is 21.5. The third kappa shape index (κ3) is 5.03. The predicted molar refractivity (Wildman–Crippen MR) is 125 cm³/mol. The number of hydrogen-bond acceptors (Lipinski definition) is 4. The standard InChI is InChI=1S/C26H26N4O2/c1-19(10-11-20-12-14-23(32-2)15-13-20)28-26(31)24-18-30(22-8-4-3-5-9-22)29-25(24)21-7-6-16-27-17-21/h3-9,12-19H,10-11H2,1-2H3,(H,28,31). The molecule has 2 aromatic carbocycles. The van der Waals surface area contributed by atoms with Crippen molar-refractivity contribution in [3.63, 3.8) is 0 Å². The van der Waals surface area contributed by atoms with E-state index in [1.165, 1.54) is 5.56 Å². The summed E-state index contributed by atoms with van der Waals surface area (Å²) >= 11 is 0.